The Hall–Kier alpha value is -1.29. The summed E-state index contributed by atoms with van der Waals surface area (Å²) in [6.07, 6.45) is 7.09. The quantitative estimate of drug-likeness (QED) is 0.552. The molecule has 1 heterocycles. The molecule has 0 saturated carbocycles. The Kier molecular flexibility index (Phi) is 2.28. The molecule has 1 rings (SSSR count). The summed E-state index contributed by atoms with van der Waals surface area (Å²) in [5.41, 5.74) is 2.14. The molecule has 0 aliphatic carbocycles. The van der Waals surface area contributed by atoms with E-state index < -0.39 is 0 Å². The van der Waals surface area contributed by atoms with E-state index in [9.17, 15) is 0 Å². The number of aromatic nitrogens is 1. The van der Waals surface area contributed by atoms with Crippen LogP contribution >= 0.6 is 0 Å². The molecule has 0 fully saturated rings. The lowest BCUT2D eigenvalue weighted by Crippen LogP contribution is -1.92. The van der Waals surface area contributed by atoms with Gasteiger partial charge in [-0.2, -0.15) is 0 Å². The molecule has 56 valence electrons. The molecule has 0 aliphatic rings. The minimum absolute atomic E-state index is 0.121. The SMILES string of the molecule is C#CC(C)c1ccc(C)cn1. The van der Waals surface area contributed by atoms with Crippen molar-refractivity contribution in [3.05, 3.63) is 29.6 Å². The normalized spacial score (nSPS) is 12.1. The lowest BCUT2D eigenvalue weighted by atomic mass is 10.1. The van der Waals surface area contributed by atoms with E-state index >= 15 is 0 Å². The first-order valence-corrected chi connectivity index (χ1v) is 3.62. The highest BCUT2D eigenvalue weighted by Gasteiger charge is 2.00. The third kappa shape index (κ3) is 1.81. The summed E-state index contributed by atoms with van der Waals surface area (Å²) >= 11 is 0. The van der Waals surface area contributed by atoms with Gasteiger partial charge in [0.05, 0.1) is 11.6 Å². The van der Waals surface area contributed by atoms with Crippen LogP contribution in [0.15, 0.2) is 18.3 Å². The van der Waals surface area contributed by atoms with Crippen LogP contribution in [0.1, 0.15) is 24.1 Å². The monoisotopic (exact) mass is 145 g/mol. The third-order valence-electron chi connectivity index (χ3n) is 1.63. The van der Waals surface area contributed by atoms with Crippen LogP contribution in [-0.2, 0) is 0 Å². The molecular weight excluding hydrogens is 134 g/mol. The molecule has 1 aromatic heterocycles. The number of rotatable bonds is 1. The van der Waals surface area contributed by atoms with Crippen molar-refractivity contribution in [2.24, 2.45) is 0 Å². The summed E-state index contributed by atoms with van der Waals surface area (Å²) in [6, 6.07) is 4.00. The van der Waals surface area contributed by atoms with E-state index in [-0.39, 0.29) is 5.92 Å². The summed E-state index contributed by atoms with van der Waals surface area (Å²) in [4.78, 5) is 4.21. The Bertz CT molecular complexity index is 266. The van der Waals surface area contributed by atoms with Gasteiger partial charge in [0, 0.05) is 6.20 Å². The largest absolute Gasteiger partial charge is 0.260 e. The van der Waals surface area contributed by atoms with Gasteiger partial charge in [0.25, 0.3) is 0 Å². The molecule has 0 spiro atoms. The molecule has 1 unspecified atom stereocenters. The molecule has 0 aliphatic heterocycles. The van der Waals surface area contributed by atoms with Crippen LogP contribution in [0.5, 0.6) is 0 Å². The van der Waals surface area contributed by atoms with Gasteiger partial charge in [0.2, 0.25) is 0 Å². The van der Waals surface area contributed by atoms with E-state index in [2.05, 4.69) is 10.9 Å². The maximum absolute atomic E-state index is 5.25. The Morgan fingerprint density at radius 2 is 2.27 bits per heavy atom. The van der Waals surface area contributed by atoms with Gasteiger partial charge < -0.3 is 0 Å². The third-order valence-corrected chi connectivity index (χ3v) is 1.63. The van der Waals surface area contributed by atoms with Crippen molar-refractivity contribution in [1.29, 1.82) is 0 Å². The highest BCUT2D eigenvalue weighted by Crippen LogP contribution is 2.10. The predicted octanol–water partition coefficient (Wildman–Crippen LogP) is 2.13. The standard InChI is InChI=1S/C10H11N/c1-4-9(3)10-6-5-8(2)7-11-10/h1,5-7,9H,2-3H3. The molecule has 0 aromatic carbocycles. The average molecular weight is 145 g/mol. The molecule has 0 bridgehead atoms. The number of hydrogen-bond donors (Lipinski definition) is 0. The Morgan fingerprint density at radius 3 is 2.73 bits per heavy atom. The van der Waals surface area contributed by atoms with Crippen LogP contribution in [0.2, 0.25) is 0 Å². The van der Waals surface area contributed by atoms with Crippen LogP contribution in [0, 0.1) is 19.3 Å². The molecule has 0 radical (unpaired) electrons. The zero-order chi connectivity index (χ0) is 8.27. The van der Waals surface area contributed by atoms with Crippen LogP contribution in [-0.4, -0.2) is 4.98 Å². The van der Waals surface area contributed by atoms with Crippen LogP contribution < -0.4 is 0 Å². The second-order valence-corrected chi connectivity index (χ2v) is 2.65. The fourth-order valence-corrected chi connectivity index (χ4v) is 0.821. The van der Waals surface area contributed by atoms with E-state index in [4.69, 9.17) is 6.42 Å². The van der Waals surface area contributed by atoms with Crippen LogP contribution in [0.4, 0.5) is 0 Å². The van der Waals surface area contributed by atoms with E-state index in [1.807, 2.05) is 32.2 Å². The van der Waals surface area contributed by atoms with Gasteiger partial charge in [-0.25, -0.2) is 0 Å². The Labute approximate surface area is 67.5 Å². The molecule has 0 N–H and O–H groups in total. The second kappa shape index (κ2) is 3.21. The van der Waals surface area contributed by atoms with E-state index in [1.54, 1.807) is 0 Å². The summed E-state index contributed by atoms with van der Waals surface area (Å²) < 4.78 is 0. The predicted molar refractivity (Wildman–Crippen MR) is 46.2 cm³/mol. The zero-order valence-electron chi connectivity index (χ0n) is 6.83. The number of hydrogen-bond acceptors (Lipinski definition) is 1. The van der Waals surface area contributed by atoms with E-state index in [0.29, 0.717) is 0 Å². The fourth-order valence-electron chi connectivity index (χ4n) is 0.821. The van der Waals surface area contributed by atoms with Crippen molar-refractivity contribution in [1.82, 2.24) is 4.98 Å². The lowest BCUT2D eigenvalue weighted by molar-refractivity contribution is 0.932. The van der Waals surface area contributed by atoms with E-state index in [1.165, 1.54) is 0 Å². The minimum atomic E-state index is 0.121. The molecule has 0 saturated heterocycles. The molecule has 0 amide bonds. The maximum Gasteiger partial charge on any atom is 0.0594 e. The van der Waals surface area contributed by atoms with Crippen LogP contribution in [0.25, 0.3) is 0 Å². The fraction of sp³-hybridized carbons (Fsp3) is 0.300. The number of terminal acetylenes is 1. The zero-order valence-corrected chi connectivity index (χ0v) is 6.83. The van der Waals surface area contributed by atoms with Gasteiger partial charge in [0.1, 0.15) is 0 Å². The Morgan fingerprint density at radius 1 is 1.55 bits per heavy atom. The van der Waals surface area contributed by atoms with Crippen molar-refractivity contribution in [3.8, 4) is 12.3 Å². The first kappa shape index (κ1) is 7.81. The maximum atomic E-state index is 5.25. The van der Waals surface area contributed by atoms with Crippen molar-refractivity contribution in [2.75, 3.05) is 0 Å². The van der Waals surface area contributed by atoms with Crippen LogP contribution in [0.3, 0.4) is 0 Å². The molecule has 1 heteroatoms. The van der Waals surface area contributed by atoms with Gasteiger partial charge in [-0.1, -0.05) is 12.0 Å². The molecule has 11 heavy (non-hydrogen) atoms. The first-order valence-electron chi connectivity index (χ1n) is 3.62. The second-order valence-electron chi connectivity index (χ2n) is 2.65. The molecule has 1 nitrogen and oxygen atoms in total. The van der Waals surface area contributed by atoms with Crippen molar-refractivity contribution >= 4 is 0 Å². The average Bonchev–Trinajstić information content (AvgIpc) is 2.05. The number of aryl methyl sites for hydroxylation is 1. The molecular formula is C10H11N. The first-order chi connectivity index (χ1) is 5.24. The molecule has 1 atom stereocenters. The van der Waals surface area contributed by atoms with Crippen molar-refractivity contribution in [3.63, 3.8) is 0 Å². The highest BCUT2D eigenvalue weighted by atomic mass is 14.7. The van der Waals surface area contributed by atoms with Gasteiger partial charge in [0.15, 0.2) is 0 Å². The van der Waals surface area contributed by atoms with Crippen molar-refractivity contribution < 1.29 is 0 Å². The topological polar surface area (TPSA) is 12.9 Å². The van der Waals surface area contributed by atoms with Crippen molar-refractivity contribution in [2.45, 2.75) is 19.8 Å². The van der Waals surface area contributed by atoms with Gasteiger partial charge in [-0.05, 0) is 25.5 Å². The summed E-state index contributed by atoms with van der Waals surface area (Å²) in [5, 5.41) is 0. The van der Waals surface area contributed by atoms with Gasteiger partial charge >= 0.3 is 0 Å². The van der Waals surface area contributed by atoms with Gasteiger partial charge in [-0.3, -0.25) is 4.98 Å². The van der Waals surface area contributed by atoms with Gasteiger partial charge in [-0.15, -0.1) is 6.42 Å². The minimum Gasteiger partial charge on any atom is -0.260 e. The Balaban J connectivity index is 2.92. The van der Waals surface area contributed by atoms with E-state index in [0.717, 1.165) is 11.3 Å². The number of pyridine rings is 1. The molecule has 1 aromatic rings. The summed E-state index contributed by atoms with van der Waals surface area (Å²) in [6.45, 7) is 3.98. The lowest BCUT2D eigenvalue weighted by Gasteiger charge is -2.01. The smallest absolute Gasteiger partial charge is 0.0594 e. The summed E-state index contributed by atoms with van der Waals surface area (Å²) in [5.74, 6) is 2.76. The summed E-state index contributed by atoms with van der Waals surface area (Å²) in [7, 11) is 0. The number of nitrogens with zero attached hydrogens (tertiary/aromatic N) is 1. The highest BCUT2D eigenvalue weighted by molar-refractivity contribution is 5.20.